The monoisotopic (exact) mass is 493 g/mol. The van der Waals surface area contributed by atoms with Crippen molar-refractivity contribution < 1.29 is 23.9 Å². The number of carbonyl (C=O) groups is 4. The van der Waals surface area contributed by atoms with Crippen LogP contribution in [0.15, 0.2) is 66.7 Å². The minimum absolute atomic E-state index is 0.0930. The van der Waals surface area contributed by atoms with Crippen LogP contribution in [0.3, 0.4) is 0 Å². The average molecular weight is 494 g/mol. The fraction of sp³-hybridized carbons (Fsp3) is 0.154. The maximum Gasteiger partial charge on any atom is 0.340 e. The number of rotatable bonds is 8. The van der Waals surface area contributed by atoms with Crippen LogP contribution in [0.4, 0.5) is 11.4 Å². The van der Waals surface area contributed by atoms with Crippen molar-refractivity contribution in [1.29, 1.82) is 0 Å². The summed E-state index contributed by atoms with van der Waals surface area (Å²) in [5.74, 6) is -2.29. The van der Waals surface area contributed by atoms with Crippen LogP contribution in [0.5, 0.6) is 0 Å². The van der Waals surface area contributed by atoms with Gasteiger partial charge in [0, 0.05) is 16.3 Å². The molecule has 3 aromatic carbocycles. The van der Waals surface area contributed by atoms with Gasteiger partial charge in [0.05, 0.1) is 17.8 Å². The third-order valence-electron chi connectivity index (χ3n) is 5.00. The van der Waals surface area contributed by atoms with Crippen molar-refractivity contribution in [2.24, 2.45) is 0 Å². The van der Waals surface area contributed by atoms with Crippen LogP contribution < -0.4 is 16.0 Å². The van der Waals surface area contributed by atoms with E-state index in [1.807, 2.05) is 13.0 Å². The van der Waals surface area contributed by atoms with Crippen LogP contribution in [0.2, 0.25) is 5.02 Å². The molecule has 0 unspecified atom stereocenters. The minimum Gasteiger partial charge on any atom is -0.452 e. The number of halogens is 1. The zero-order valence-corrected chi connectivity index (χ0v) is 19.9. The van der Waals surface area contributed by atoms with Crippen LogP contribution in [-0.2, 0) is 14.3 Å². The smallest absolute Gasteiger partial charge is 0.340 e. The largest absolute Gasteiger partial charge is 0.452 e. The summed E-state index contributed by atoms with van der Waals surface area (Å²) in [5.41, 5.74) is 2.95. The van der Waals surface area contributed by atoms with Crippen LogP contribution in [0, 0.1) is 13.8 Å². The van der Waals surface area contributed by atoms with E-state index >= 15 is 0 Å². The third-order valence-corrected chi connectivity index (χ3v) is 5.41. The zero-order valence-electron chi connectivity index (χ0n) is 19.2. The normalized spacial score (nSPS) is 10.3. The van der Waals surface area contributed by atoms with Crippen molar-refractivity contribution in [2.45, 2.75) is 13.8 Å². The van der Waals surface area contributed by atoms with Crippen molar-refractivity contribution in [3.8, 4) is 0 Å². The lowest BCUT2D eigenvalue weighted by Gasteiger charge is -2.12. The Morgan fingerprint density at radius 1 is 0.829 bits per heavy atom. The fourth-order valence-corrected chi connectivity index (χ4v) is 3.30. The van der Waals surface area contributed by atoms with E-state index in [9.17, 15) is 19.2 Å². The van der Waals surface area contributed by atoms with Gasteiger partial charge in [0.15, 0.2) is 6.61 Å². The summed E-state index contributed by atoms with van der Waals surface area (Å²) in [6.45, 7) is 2.72. The van der Waals surface area contributed by atoms with E-state index in [0.717, 1.165) is 5.56 Å². The lowest BCUT2D eigenvalue weighted by Crippen LogP contribution is -2.35. The van der Waals surface area contributed by atoms with Crippen LogP contribution in [-0.4, -0.2) is 36.8 Å². The molecule has 0 aromatic heterocycles. The molecular weight excluding hydrogens is 470 g/mol. The standard InChI is InChI=1S/C26H24ClN3O5/c1-16-7-5-8-18(13-16)25(33)30-22-11-4-3-9-19(22)26(34)35-15-24(32)28-14-23(31)29-21-12-6-10-20(27)17(21)2/h3-13H,14-15H2,1-2H3,(H,28,32)(H,29,31)(H,30,33). The van der Waals surface area contributed by atoms with Crippen molar-refractivity contribution in [1.82, 2.24) is 5.32 Å². The molecule has 3 N–H and O–H groups in total. The Bertz CT molecular complexity index is 1280. The second kappa shape index (κ2) is 11.8. The molecule has 180 valence electrons. The number of hydrogen-bond donors (Lipinski definition) is 3. The second-order valence-electron chi connectivity index (χ2n) is 7.68. The molecular formula is C26H24ClN3O5. The highest BCUT2D eigenvalue weighted by Crippen LogP contribution is 2.22. The molecule has 0 aliphatic heterocycles. The topological polar surface area (TPSA) is 114 Å². The Morgan fingerprint density at radius 2 is 1.54 bits per heavy atom. The molecule has 0 heterocycles. The van der Waals surface area contributed by atoms with Gasteiger partial charge in [0.2, 0.25) is 5.91 Å². The van der Waals surface area contributed by atoms with Crippen LogP contribution >= 0.6 is 11.6 Å². The number of hydrogen-bond acceptors (Lipinski definition) is 5. The molecule has 0 aliphatic rings. The molecule has 0 saturated carbocycles. The van der Waals surface area contributed by atoms with E-state index in [1.54, 1.807) is 61.5 Å². The first-order valence-corrected chi connectivity index (χ1v) is 11.1. The van der Waals surface area contributed by atoms with Crippen LogP contribution in [0.25, 0.3) is 0 Å². The van der Waals surface area contributed by atoms with E-state index in [-0.39, 0.29) is 23.7 Å². The molecule has 0 bridgehead atoms. The second-order valence-corrected chi connectivity index (χ2v) is 8.09. The number of para-hydroxylation sites is 1. The molecule has 3 rings (SSSR count). The van der Waals surface area contributed by atoms with Crippen molar-refractivity contribution in [3.05, 3.63) is 94.0 Å². The van der Waals surface area contributed by atoms with Gasteiger partial charge >= 0.3 is 5.97 Å². The summed E-state index contributed by atoms with van der Waals surface area (Å²) in [6.07, 6.45) is 0. The molecule has 0 fully saturated rings. The van der Waals surface area contributed by atoms with Gasteiger partial charge in [-0.1, -0.05) is 47.5 Å². The predicted octanol–water partition coefficient (Wildman–Crippen LogP) is 4.12. The number of aryl methyl sites for hydroxylation is 1. The van der Waals surface area contributed by atoms with E-state index in [2.05, 4.69) is 16.0 Å². The predicted molar refractivity (Wildman–Crippen MR) is 134 cm³/mol. The number of esters is 1. The molecule has 0 atom stereocenters. The Hall–Kier alpha value is -4.17. The average Bonchev–Trinajstić information content (AvgIpc) is 2.84. The quantitative estimate of drug-likeness (QED) is 0.408. The molecule has 0 spiro atoms. The van der Waals surface area contributed by atoms with E-state index in [1.165, 1.54) is 6.07 Å². The summed E-state index contributed by atoms with van der Waals surface area (Å²) in [6, 6.07) is 18.4. The molecule has 0 saturated heterocycles. The first-order chi connectivity index (χ1) is 16.7. The number of carbonyl (C=O) groups excluding carboxylic acids is 4. The highest BCUT2D eigenvalue weighted by molar-refractivity contribution is 6.31. The molecule has 3 amide bonds. The zero-order chi connectivity index (χ0) is 25.4. The van der Waals surface area contributed by atoms with Crippen LogP contribution in [0.1, 0.15) is 31.8 Å². The van der Waals surface area contributed by atoms with Crippen molar-refractivity contribution in [3.63, 3.8) is 0 Å². The van der Waals surface area contributed by atoms with Crippen molar-refractivity contribution >= 4 is 46.7 Å². The van der Waals surface area contributed by atoms with Gasteiger partial charge in [-0.25, -0.2) is 4.79 Å². The number of nitrogens with one attached hydrogen (secondary N) is 3. The number of ether oxygens (including phenoxy) is 1. The summed E-state index contributed by atoms with van der Waals surface area (Å²) >= 11 is 6.03. The number of benzene rings is 3. The maximum atomic E-state index is 12.6. The fourth-order valence-electron chi connectivity index (χ4n) is 3.13. The SMILES string of the molecule is Cc1cccc(C(=O)Nc2ccccc2C(=O)OCC(=O)NCC(=O)Nc2cccc(Cl)c2C)c1. The summed E-state index contributed by atoms with van der Waals surface area (Å²) < 4.78 is 5.07. The Kier molecular flexibility index (Phi) is 8.58. The molecule has 3 aromatic rings. The number of anilines is 2. The Balaban J connectivity index is 1.52. The summed E-state index contributed by atoms with van der Waals surface area (Å²) in [5, 5.41) is 8.24. The van der Waals surface area contributed by atoms with Gasteiger partial charge in [-0.15, -0.1) is 0 Å². The van der Waals surface area contributed by atoms with Gasteiger partial charge in [0.1, 0.15) is 0 Å². The number of amides is 3. The lowest BCUT2D eigenvalue weighted by molar-refractivity contribution is -0.126. The first-order valence-electron chi connectivity index (χ1n) is 10.7. The van der Waals surface area contributed by atoms with E-state index in [0.29, 0.717) is 21.8 Å². The minimum atomic E-state index is -0.792. The van der Waals surface area contributed by atoms with Gasteiger partial charge in [-0.05, 0) is 55.8 Å². The molecule has 9 heteroatoms. The first kappa shape index (κ1) is 25.5. The van der Waals surface area contributed by atoms with Gasteiger partial charge in [0.25, 0.3) is 11.8 Å². The lowest BCUT2D eigenvalue weighted by atomic mass is 10.1. The Labute approximate surface area is 207 Å². The third kappa shape index (κ3) is 7.15. The van der Waals surface area contributed by atoms with Crippen molar-refractivity contribution in [2.75, 3.05) is 23.8 Å². The molecule has 0 radical (unpaired) electrons. The van der Waals surface area contributed by atoms with Gasteiger partial charge in [-0.2, -0.15) is 0 Å². The highest BCUT2D eigenvalue weighted by Gasteiger charge is 2.17. The maximum absolute atomic E-state index is 12.6. The van der Waals surface area contributed by atoms with E-state index in [4.69, 9.17) is 16.3 Å². The molecule has 8 nitrogen and oxygen atoms in total. The Morgan fingerprint density at radius 3 is 2.31 bits per heavy atom. The molecule has 0 aliphatic carbocycles. The van der Waals surface area contributed by atoms with E-state index < -0.39 is 24.4 Å². The van der Waals surface area contributed by atoms with Gasteiger partial charge < -0.3 is 20.7 Å². The molecule has 35 heavy (non-hydrogen) atoms. The summed E-state index contributed by atoms with van der Waals surface area (Å²) in [7, 11) is 0. The van der Waals surface area contributed by atoms with Gasteiger partial charge in [-0.3, -0.25) is 14.4 Å². The highest BCUT2D eigenvalue weighted by atomic mass is 35.5. The summed E-state index contributed by atoms with van der Waals surface area (Å²) in [4.78, 5) is 49.3.